The van der Waals surface area contributed by atoms with E-state index in [1.165, 1.54) is 12.4 Å². The zero-order chi connectivity index (χ0) is 19.9. The van der Waals surface area contributed by atoms with Gasteiger partial charge in [-0.05, 0) is 31.9 Å². The van der Waals surface area contributed by atoms with Crippen molar-refractivity contribution in [3.05, 3.63) is 53.6 Å². The Balaban J connectivity index is 1.57. The number of nitrogens with zero attached hydrogens (tertiary/aromatic N) is 2. The first-order valence-electron chi connectivity index (χ1n) is 9.18. The van der Waals surface area contributed by atoms with Crippen LogP contribution in [-0.4, -0.2) is 40.4 Å². The van der Waals surface area contributed by atoms with Crippen LogP contribution in [0.25, 0.3) is 0 Å². The van der Waals surface area contributed by atoms with Crippen molar-refractivity contribution in [1.29, 1.82) is 0 Å². The summed E-state index contributed by atoms with van der Waals surface area (Å²) in [4.78, 5) is 44.5. The van der Waals surface area contributed by atoms with Gasteiger partial charge in [0, 0.05) is 12.2 Å². The molecule has 28 heavy (non-hydrogen) atoms. The molecule has 0 saturated heterocycles. The average Bonchev–Trinajstić information content (AvgIpc) is 3.20. The van der Waals surface area contributed by atoms with Crippen LogP contribution in [0.1, 0.15) is 52.2 Å². The monoisotopic (exact) mass is 382 g/mol. The van der Waals surface area contributed by atoms with Crippen molar-refractivity contribution in [2.24, 2.45) is 0 Å². The standard InChI is InChI=1S/C20H22N4O4/c1-13-10-22-17(11-21-13)20(27)28-12-18(25)24-16-9-5-4-8-15(16)19(26)23-14-6-2-3-7-14/h4-5,8-11,14H,2-3,6-7,12H2,1H3,(H,23,26)(H,24,25). The van der Waals surface area contributed by atoms with Gasteiger partial charge in [-0.15, -0.1) is 0 Å². The lowest BCUT2D eigenvalue weighted by atomic mass is 10.1. The highest BCUT2D eigenvalue weighted by atomic mass is 16.5. The maximum absolute atomic E-state index is 12.5. The SMILES string of the molecule is Cc1cnc(C(=O)OCC(=O)Nc2ccccc2C(=O)NC2CCCC2)cn1. The molecule has 2 aromatic rings. The molecule has 0 spiro atoms. The van der Waals surface area contributed by atoms with Crippen LogP contribution in [0.15, 0.2) is 36.7 Å². The maximum Gasteiger partial charge on any atom is 0.359 e. The van der Waals surface area contributed by atoms with E-state index < -0.39 is 18.5 Å². The minimum absolute atomic E-state index is 0.0229. The number of nitrogens with one attached hydrogen (secondary N) is 2. The Morgan fingerprint density at radius 2 is 1.86 bits per heavy atom. The zero-order valence-electron chi connectivity index (χ0n) is 15.6. The number of aromatic nitrogens is 2. The lowest BCUT2D eigenvalue weighted by Crippen LogP contribution is -2.33. The summed E-state index contributed by atoms with van der Waals surface area (Å²) >= 11 is 0. The molecule has 0 radical (unpaired) electrons. The van der Waals surface area contributed by atoms with Gasteiger partial charge in [0.05, 0.1) is 23.1 Å². The van der Waals surface area contributed by atoms with Gasteiger partial charge in [-0.3, -0.25) is 14.6 Å². The van der Waals surface area contributed by atoms with E-state index >= 15 is 0 Å². The Kier molecular flexibility index (Phi) is 6.31. The highest BCUT2D eigenvalue weighted by Crippen LogP contribution is 2.20. The van der Waals surface area contributed by atoms with Crippen LogP contribution in [0.2, 0.25) is 0 Å². The number of hydrogen-bond donors (Lipinski definition) is 2. The van der Waals surface area contributed by atoms with Gasteiger partial charge in [0.2, 0.25) is 0 Å². The van der Waals surface area contributed by atoms with E-state index in [2.05, 4.69) is 20.6 Å². The molecule has 2 N–H and O–H groups in total. The van der Waals surface area contributed by atoms with Crippen LogP contribution in [0.3, 0.4) is 0 Å². The van der Waals surface area contributed by atoms with E-state index in [9.17, 15) is 14.4 Å². The zero-order valence-corrected chi connectivity index (χ0v) is 15.6. The van der Waals surface area contributed by atoms with E-state index in [4.69, 9.17) is 4.74 Å². The van der Waals surface area contributed by atoms with Crippen molar-refractivity contribution >= 4 is 23.5 Å². The number of anilines is 1. The minimum Gasteiger partial charge on any atom is -0.451 e. The van der Waals surface area contributed by atoms with E-state index in [1.807, 2.05) is 0 Å². The molecule has 1 aliphatic rings. The molecule has 0 unspecified atom stereocenters. The van der Waals surface area contributed by atoms with E-state index in [0.717, 1.165) is 25.7 Å². The normalized spacial score (nSPS) is 13.8. The van der Waals surface area contributed by atoms with E-state index in [0.29, 0.717) is 16.9 Å². The Morgan fingerprint density at radius 3 is 2.57 bits per heavy atom. The lowest BCUT2D eigenvalue weighted by Gasteiger charge is -2.15. The van der Waals surface area contributed by atoms with Crippen LogP contribution in [0, 0.1) is 6.92 Å². The van der Waals surface area contributed by atoms with Crippen LogP contribution >= 0.6 is 0 Å². The van der Waals surface area contributed by atoms with Crippen LogP contribution in [-0.2, 0) is 9.53 Å². The van der Waals surface area contributed by atoms with Crippen LogP contribution in [0.4, 0.5) is 5.69 Å². The summed E-state index contributed by atoms with van der Waals surface area (Å²) in [6.45, 7) is 1.25. The third-order valence-corrected chi connectivity index (χ3v) is 4.46. The second-order valence-corrected chi connectivity index (χ2v) is 6.67. The fraction of sp³-hybridized carbons (Fsp3) is 0.350. The first kappa shape index (κ1) is 19.5. The number of carbonyl (C=O) groups is 3. The van der Waals surface area contributed by atoms with Gasteiger partial charge in [-0.2, -0.15) is 0 Å². The van der Waals surface area contributed by atoms with E-state index in [1.54, 1.807) is 31.2 Å². The molecule has 0 bridgehead atoms. The van der Waals surface area contributed by atoms with Crippen molar-refractivity contribution in [3.8, 4) is 0 Å². The number of carbonyl (C=O) groups excluding carboxylic acids is 3. The number of aryl methyl sites for hydroxylation is 1. The Bertz CT molecular complexity index is 861. The summed E-state index contributed by atoms with van der Waals surface area (Å²) in [7, 11) is 0. The number of hydrogen-bond acceptors (Lipinski definition) is 6. The summed E-state index contributed by atoms with van der Waals surface area (Å²) in [6, 6.07) is 6.90. The number of ether oxygens (including phenoxy) is 1. The topological polar surface area (TPSA) is 110 Å². The second-order valence-electron chi connectivity index (χ2n) is 6.67. The summed E-state index contributed by atoms with van der Waals surface area (Å²) in [5, 5.41) is 5.61. The van der Waals surface area contributed by atoms with Crippen LogP contribution < -0.4 is 10.6 Å². The summed E-state index contributed by atoms with van der Waals surface area (Å²) in [5.74, 6) is -1.51. The quantitative estimate of drug-likeness (QED) is 0.742. The third kappa shape index (κ3) is 5.12. The minimum atomic E-state index is -0.741. The van der Waals surface area contributed by atoms with Crippen molar-refractivity contribution in [2.45, 2.75) is 38.6 Å². The first-order chi connectivity index (χ1) is 13.5. The number of para-hydroxylation sites is 1. The molecule has 1 fully saturated rings. The predicted octanol–water partition coefficient (Wildman–Crippen LogP) is 2.25. The Labute approximate surface area is 162 Å². The maximum atomic E-state index is 12.5. The molecule has 2 amide bonds. The Morgan fingerprint density at radius 1 is 1.11 bits per heavy atom. The van der Waals surface area contributed by atoms with Gasteiger partial charge in [0.25, 0.3) is 11.8 Å². The molecule has 0 atom stereocenters. The molecule has 8 nitrogen and oxygen atoms in total. The molecule has 1 heterocycles. The summed E-state index contributed by atoms with van der Waals surface area (Å²) < 4.78 is 4.96. The number of benzene rings is 1. The van der Waals surface area contributed by atoms with Gasteiger partial charge in [-0.25, -0.2) is 9.78 Å². The largest absolute Gasteiger partial charge is 0.451 e. The van der Waals surface area contributed by atoms with Crippen molar-refractivity contribution in [1.82, 2.24) is 15.3 Å². The van der Waals surface area contributed by atoms with Gasteiger partial charge in [-0.1, -0.05) is 25.0 Å². The summed E-state index contributed by atoms with van der Waals surface area (Å²) in [6.07, 6.45) is 6.89. The molecular formula is C20H22N4O4. The van der Waals surface area contributed by atoms with Gasteiger partial charge < -0.3 is 15.4 Å². The molecule has 146 valence electrons. The molecular weight excluding hydrogens is 360 g/mol. The smallest absolute Gasteiger partial charge is 0.359 e. The highest BCUT2D eigenvalue weighted by molar-refractivity contribution is 6.04. The predicted molar refractivity (Wildman–Crippen MR) is 102 cm³/mol. The second kappa shape index (κ2) is 9.07. The van der Waals surface area contributed by atoms with Crippen molar-refractivity contribution in [3.63, 3.8) is 0 Å². The fourth-order valence-electron chi connectivity index (χ4n) is 3.01. The molecule has 1 saturated carbocycles. The molecule has 1 aromatic heterocycles. The number of amides is 2. The first-order valence-corrected chi connectivity index (χ1v) is 9.18. The van der Waals surface area contributed by atoms with E-state index in [-0.39, 0.29) is 17.6 Å². The summed E-state index contributed by atoms with van der Waals surface area (Å²) in [5.41, 5.74) is 1.43. The average molecular weight is 382 g/mol. The van der Waals surface area contributed by atoms with Gasteiger partial charge in [0.15, 0.2) is 12.3 Å². The molecule has 0 aliphatic heterocycles. The fourth-order valence-corrected chi connectivity index (χ4v) is 3.01. The third-order valence-electron chi connectivity index (χ3n) is 4.46. The lowest BCUT2D eigenvalue weighted by molar-refractivity contribution is -0.119. The van der Waals surface area contributed by atoms with Crippen LogP contribution in [0.5, 0.6) is 0 Å². The molecule has 3 rings (SSSR count). The molecule has 8 heteroatoms. The molecule has 1 aliphatic carbocycles. The van der Waals surface area contributed by atoms with Crippen molar-refractivity contribution < 1.29 is 19.1 Å². The van der Waals surface area contributed by atoms with Crippen molar-refractivity contribution in [2.75, 3.05) is 11.9 Å². The highest BCUT2D eigenvalue weighted by Gasteiger charge is 2.20. The number of rotatable bonds is 6. The molecule has 1 aromatic carbocycles. The van der Waals surface area contributed by atoms with Gasteiger partial charge in [0.1, 0.15) is 0 Å². The van der Waals surface area contributed by atoms with Gasteiger partial charge >= 0.3 is 5.97 Å². The Hall–Kier alpha value is -3.29. The number of esters is 1.